The summed E-state index contributed by atoms with van der Waals surface area (Å²) in [6.45, 7) is 4.95. The van der Waals surface area contributed by atoms with Gasteiger partial charge in [-0.3, -0.25) is 4.79 Å². The van der Waals surface area contributed by atoms with Gasteiger partial charge in [-0.15, -0.1) is 0 Å². The summed E-state index contributed by atoms with van der Waals surface area (Å²) in [7, 11) is 3.57. The van der Waals surface area contributed by atoms with Crippen molar-refractivity contribution in [3.63, 3.8) is 0 Å². The molecule has 0 unspecified atom stereocenters. The van der Waals surface area contributed by atoms with Crippen molar-refractivity contribution in [3.8, 4) is 0 Å². The first-order valence-electron chi connectivity index (χ1n) is 6.01. The highest BCUT2D eigenvalue weighted by molar-refractivity contribution is 5.75. The average molecular weight is 234 g/mol. The molecule has 0 heterocycles. The predicted molar refractivity (Wildman–Crippen MR) is 70.9 cm³/mol. The van der Waals surface area contributed by atoms with E-state index < -0.39 is 0 Å². The Hall–Kier alpha value is -1.35. The molecule has 94 valence electrons. The standard InChI is InChI=1S/C14H22N2O/c1-11-7-5-6-8-13(11)12(2)15-10-9-14(17)16(3)4/h5-8,12,15H,9-10H2,1-4H3/t12-/m0/s1. The quantitative estimate of drug-likeness (QED) is 0.846. The molecule has 0 aliphatic rings. The zero-order chi connectivity index (χ0) is 12.8. The Kier molecular flexibility index (Phi) is 5.16. The van der Waals surface area contributed by atoms with E-state index in [1.54, 1.807) is 19.0 Å². The fraction of sp³-hybridized carbons (Fsp3) is 0.500. The molecule has 1 N–H and O–H groups in total. The maximum atomic E-state index is 11.4. The molecule has 3 nitrogen and oxygen atoms in total. The van der Waals surface area contributed by atoms with Crippen molar-refractivity contribution in [2.24, 2.45) is 0 Å². The van der Waals surface area contributed by atoms with E-state index in [4.69, 9.17) is 0 Å². The Morgan fingerprint density at radius 2 is 2.00 bits per heavy atom. The van der Waals surface area contributed by atoms with Gasteiger partial charge in [0.2, 0.25) is 5.91 Å². The minimum Gasteiger partial charge on any atom is -0.349 e. The zero-order valence-corrected chi connectivity index (χ0v) is 11.2. The summed E-state index contributed by atoms with van der Waals surface area (Å²) in [5.74, 6) is 0.162. The number of hydrogen-bond donors (Lipinski definition) is 1. The number of carbonyl (C=O) groups excluding carboxylic acids is 1. The Balaban J connectivity index is 2.43. The third kappa shape index (κ3) is 4.19. The van der Waals surface area contributed by atoms with Crippen molar-refractivity contribution in [3.05, 3.63) is 35.4 Å². The van der Waals surface area contributed by atoms with E-state index in [2.05, 4.69) is 31.3 Å². The number of nitrogens with zero attached hydrogens (tertiary/aromatic N) is 1. The van der Waals surface area contributed by atoms with Crippen LogP contribution in [0.15, 0.2) is 24.3 Å². The van der Waals surface area contributed by atoms with Crippen LogP contribution in [0.5, 0.6) is 0 Å². The highest BCUT2D eigenvalue weighted by Crippen LogP contribution is 2.16. The number of hydrogen-bond acceptors (Lipinski definition) is 2. The van der Waals surface area contributed by atoms with Gasteiger partial charge in [-0.2, -0.15) is 0 Å². The predicted octanol–water partition coefficient (Wildman–Crippen LogP) is 2.12. The molecule has 1 amide bonds. The number of amides is 1. The van der Waals surface area contributed by atoms with Crippen LogP contribution in [0.2, 0.25) is 0 Å². The van der Waals surface area contributed by atoms with Crippen LogP contribution in [0.1, 0.15) is 30.5 Å². The molecule has 1 aromatic carbocycles. The molecule has 0 aliphatic carbocycles. The molecular formula is C14H22N2O. The topological polar surface area (TPSA) is 32.3 Å². The minimum atomic E-state index is 0.162. The molecular weight excluding hydrogens is 212 g/mol. The van der Waals surface area contributed by atoms with Gasteiger partial charge in [0.25, 0.3) is 0 Å². The Labute approximate surface area is 104 Å². The molecule has 0 aromatic heterocycles. The van der Waals surface area contributed by atoms with Crippen LogP contribution >= 0.6 is 0 Å². The van der Waals surface area contributed by atoms with Crippen LogP contribution in [-0.4, -0.2) is 31.4 Å². The highest BCUT2D eigenvalue weighted by atomic mass is 16.2. The van der Waals surface area contributed by atoms with Gasteiger partial charge in [-0.05, 0) is 25.0 Å². The van der Waals surface area contributed by atoms with Crippen LogP contribution in [0.25, 0.3) is 0 Å². The number of nitrogens with one attached hydrogen (secondary N) is 1. The molecule has 0 saturated heterocycles. The third-order valence-corrected chi connectivity index (χ3v) is 2.94. The van der Waals surface area contributed by atoms with Crippen LogP contribution in [0, 0.1) is 6.92 Å². The van der Waals surface area contributed by atoms with E-state index in [9.17, 15) is 4.79 Å². The van der Waals surface area contributed by atoms with Gasteiger partial charge in [0.15, 0.2) is 0 Å². The van der Waals surface area contributed by atoms with E-state index in [1.165, 1.54) is 11.1 Å². The first-order chi connectivity index (χ1) is 8.02. The minimum absolute atomic E-state index is 0.162. The summed E-state index contributed by atoms with van der Waals surface area (Å²) < 4.78 is 0. The molecule has 0 fully saturated rings. The van der Waals surface area contributed by atoms with Gasteiger partial charge in [-0.25, -0.2) is 0 Å². The molecule has 1 atom stereocenters. The Bertz CT molecular complexity index is 374. The van der Waals surface area contributed by atoms with Gasteiger partial charge in [0, 0.05) is 33.1 Å². The smallest absolute Gasteiger partial charge is 0.223 e. The van der Waals surface area contributed by atoms with Gasteiger partial charge < -0.3 is 10.2 Å². The van der Waals surface area contributed by atoms with Crippen LogP contribution in [-0.2, 0) is 4.79 Å². The maximum Gasteiger partial charge on any atom is 0.223 e. The summed E-state index contributed by atoms with van der Waals surface area (Å²) in [6.07, 6.45) is 0.545. The first kappa shape index (κ1) is 13.7. The first-order valence-corrected chi connectivity index (χ1v) is 6.01. The number of aryl methyl sites for hydroxylation is 1. The number of carbonyl (C=O) groups is 1. The largest absolute Gasteiger partial charge is 0.349 e. The molecule has 17 heavy (non-hydrogen) atoms. The monoisotopic (exact) mass is 234 g/mol. The third-order valence-electron chi connectivity index (χ3n) is 2.94. The SMILES string of the molecule is Cc1ccccc1[C@H](C)NCCC(=O)N(C)C. The van der Waals surface area contributed by atoms with Gasteiger partial charge in [0.1, 0.15) is 0 Å². The molecule has 1 rings (SSSR count). The number of rotatable bonds is 5. The molecule has 0 bridgehead atoms. The number of benzene rings is 1. The molecule has 1 aromatic rings. The lowest BCUT2D eigenvalue weighted by Gasteiger charge is -2.17. The van der Waals surface area contributed by atoms with Gasteiger partial charge in [-0.1, -0.05) is 24.3 Å². The fourth-order valence-electron chi connectivity index (χ4n) is 1.80. The van der Waals surface area contributed by atoms with Crippen molar-refractivity contribution in [2.45, 2.75) is 26.3 Å². The van der Waals surface area contributed by atoms with Gasteiger partial charge in [0.05, 0.1) is 0 Å². The fourth-order valence-corrected chi connectivity index (χ4v) is 1.80. The summed E-state index contributed by atoms with van der Waals surface area (Å²) in [5.41, 5.74) is 2.58. The lowest BCUT2D eigenvalue weighted by Crippen LogP contribution is -2.28. The zero-order valence-electron chi connectivity index (χ0n) is 11.2. The van der Waals surface area contributed by atoms with E-state index in [0.29, 0.717) is 13.0 Å². The van der Waals surface area contributed by atoms with Crippen LogP contribution in [0.4, 0.5) is 0 Å². The second-order valence-corrected chi connectivity index (χ2v) is 4.57. The lowest BCUT2D eigenvalue weighted by molar-refractivity contribution is -0.128. The second kappa shape index (κ2) is 6.40. The molecule has 0 spiro atoms. The van der Waals surface area contributed by atoms with Crippen molar-refractivity contribution < 1.29 is 4.79 Å². The molecule has 0 aliphatic heterocycles. The average Bonchev–Trinajstić information content (AvgIpc) is 2.29. The Morgan fingerprint density at radius 1 is 1.35 bits per heavy atom. The lowest BCUT2D eigenvalue weighted by atomic mass is 10.0. The van der Waals surface area contributed by atoms with Crippen molar-refractivity contribution in [2.75, 3.05) is 20.6 Å². The summed E-state index contributed by atoms with van der Waals surface area (Å²) >= 11 is 0. The second-order valence-electron chi connectivity index (χ2n) is 4.57. The maximum absolute atomic E-state index is 11.4. The molecule has 3 heteroatoms. The van der Waals surface area contributed by atoms with E-state index in [1.807, 2.05) is 12.1 Å². The van der Waals surface area contributed by atoms with Crippen LogP contribution < -0.4 is 5.32 Å². The van der Waals surface area contributed by atoms with E-state index >= 15 is 0 Å². The van der Waals surface area contributed by atoms with Crippen molar-refractivity contribution in [1.29, 1.82) is 0 Å². The summed E-state index contributed by atoms with van der Waals surface area (Å²) in [4.78, 5) is 13.0. The Morgan fingerprint density at radius 3 is 2.59 bits per heavy atom. The van der Waals surface area contributed by atoms with Gasteiger partial charge >= 0.3 is 0 Å². The highest BCUT2D eigenvalue weighted by Gasteiger charge is 2.08. The summed E-state index contributed by atoms with van der Waals surface area (Å²) in [6, 6.07) is 8.61. The van der Waals surface area contributed by atoms with Crippen LogP contribution in [0.3, 0.4) is 0 Å². The molecule has 0 radical (unpaired) electrons. The van der Waals surface area contributed by atoms with Crippen molar-refractivity contribution >= 4 is 5.91 Å². The van der Waals surface area contributed by atoms with Crippen molar-refractivity contribution in [1.82, 2.24) is 10.2 Å². The summed E-state index contributed by atoms with van der Waals surface area (Å²) in [5, 5.41) is 3.38. The normalized spacial score (nSPS) is 12.2. The van der Waals surface area contributed by atoms with E-state index in [-0.39, 0.29) is 11.9 Å². The van der Waals surface area contributed by atoms with E-state index in [0.717, 1.165) is 0 Å². The molecule has 0 saturated carbocycles.